The lowest BCUT2D eigenvalue weighted by Crippen LogP contribution is -2.22. The molecule has 104 valence electrons. The van der Waals surface area contributed by atoms with Crippen molar-refractivity contribution >= 4 is 11.8 Å². The third kappa shape index (κ3) is 4.47. The number of nitrogens with one attached hydrogen (secondary N) is 1. The van der Waals surface area contributed by atoms with E-state index < -0.39 is 6.10 Å². The third-order valence-corrected chi connectivity index (χ3v) is 3.31. The summed E-state index contributed by atoms with van der Waals surface area (Å²) in [5.74, 6) is 0.448. The summed E-state index contributed by atoms with van der Waals surface area (Å²) in [6.45, 7) is 7.97. The second kappa shape index (κ2) is 6.96. The molecule has 6 nitrogen and oxygen atoms in total. The van der Waals surface area contributed by atoms with Crippen molar-refractivity contribution in [2.24, 2.45) is 0 Å². The highest BCUT2D eigenvalue weighted by Crippen LogP contribution is 2.17. The molecule has 0 saturated heterocycles. The summed E-state index contributed by atoms with van der Waals surface area (Å²) in [5.41, 5.74) is -0.222. The van der Waals surface area contributed by atoms with Crippen molar-refractivity contribution in [3.63, 3.8) is 0 Å². The van der Waals surface area contributed by atoms with Crippen LogP contribution in [0.15, 0.2) is 9.95 Å². The Hall–Kier alpha value is -0.790. The fourth-order valence-corrected chi connectivity index (χ4v) is 2.35. The predicted molar refractivity (Wildman–Crippen MR) is 71.1 cm³/mol. The number of aromatic amines is 1. The molecular weight excluding hydrogens is 254 g/mol. The normalized spacial score (nSPS) is 13.5. The molecule has 1 aromatic heterocycles. The fourth-order valence-electron chi connectivity index (χ4n) is 1.37. The topological polar surface area (TPSA) is 80.1 Å². The molecule has 0 amide bonds. The van der Waals surface area contributed by atoms with Gasteiger partial charge in [-0.15, -0.1) is 5.10 Å². The fraction of sp³-hybridized carbons (Fsp3) is 0.818. The molecule has 7 heteroatoms. The van der Waals surface area contributed by atoms with Gasteiger partial charge in [-0.3, -0.25) is 4.57 Å². The van der Waals surface area contributed by atoms with Gasteiger partial charge in [0.2, 0.25) is 0 Å². The van der Waals surface area contributed by atoms with Crippen LogP contribution in [0.4, 0.5) is 0 Å². The number of thioether (sulfide) groups is 1. The summed E-state index contributed by atoms with van der Waals surface area (Å²) < 4.78 is 6.88. The van der Waals surface area contributed by atoms with Crippen LogP contribution in [-0.4, -0.2) is 44.4 Å². The number of hydrogen-bond donors (Lipinski definition) is 2. The van der Waals surface area contributed by atoms with Gasteiger partial charge >= 0.3 is 5.69 Å². The summed E-state index contributed by atoms with van der Waals surface area (Å²) in [4.78, 5) is 11.5. The molecule has 1 rings (SSSR count). The first-order valence-electron chi connectivity index (χ1n) is 6.01. The predicted octanol–water partition coefficient (Wildman–Crippen LogP) is 1.03. The molecule has 1 aromatic rings. The maximum absolute atomic E-state index is 11.5. The van der Waals surface area contributed by atoms with Gasteiger partial charge in [-0.2, -0.15) is 0 Å². The van der Waals surface area contributed by atoms with Gasteiger partial charge in [-0.1, -0.05) is 11.8 Å². The SMILES string of the molecule is CC(C)OCC(O)CSc1n[nH]c(=O)n1C(C)C. The Balaban J connectivity index is 2.51. The van der Waals surface area contributed by atoms with E-state index in [-0.39, 0.29) is 17.8 Å². The van der Waals surface area contributed by atoms with Crippen LogP contribution in [0.2, 0.25) is 0 Å². The van der Waals surface area contributed by atoms with Crippen LogP contribution >= 0.6 is 11.8 Å². The first kappa shape index (κ1) is 15.3. The van der Waals surface area contributed by atoms with E-state index in [1.807, 2.05) is 27.7 Å². The zero-order chi connectivity index (χ0) is 13.7. The van der Waals surface area contributed by atoms with E-state index in [1.165, 1.54) is 11.8 Å². The van der Waals surface area contributed by atoms with Gasteiger partial charge < -0.3 is 9.84 Å². The standard InChI is InChI=1S/C11H21N3O3S/c1-7(2)14-10(16)12-13-11(14)18-6-9(15)5-17-8(3)4/h7-9,15H,5-6H2,1-4H3,(H,12,16). The highest BCUT2D eigenvalue weighted by molar-refractivity contribution is 7.99. The molecule has 1 atom stereocenters. The zero-order valence-electron chi connectivity index (χ0n) is 11.2. The van der Waals surface area contributed by atoms with E-state index >= 15 is 0 Å². The molecule has 0 spiro atoms. The second-order valence-corrected chi connectivity index (χ2v) is 5.61. The molecule has 0 aromatic carbocycles. The Bertz CT molecular complexity index is 414. The van der Waals surface area contributed by atoms with Crippen molar-refractivity contribution in [3.8, 4) is 0 Å². The van der Waals surface area contributed by atoms with Gasteiger partial charge in [0, 0.05) is 11.8 Å². The van der Waals surface area contributed by atoms with Gasteiger partial charge in [-0.25, -0.2) is 9.89 Å². The molecule has 1 unspecified atom stereocenters. The number of ether oxygens (including phenoxy) is 1. The van der Waals surface area contributed by atoms with E-state index in [4.69, 9.17) is 4.74 Å². The molecule has 0 aliphatic rings. The van der Waals surface area contributed by atoms with Crippen LogP contribution < -0.4 is 5.69 Å². The average molecular weight is 275 g/mol. The van der Waals surface area contributed by atoms with Gasteiger partial charge in [-0.05, 0) is 27.7 Å². The van der Waals surface area contributed by atoms with Crippen molar-refractivity contribution in [2.45, 2.75) is 51.1 Å². The van der Waals surface area contributed by atoms with Crippen molar-refractivity contribution in [1.82, 2.24) is 14.8 Å². The number of aliphatic hydroxyl groups excluding tert-OH is 1. The first-order chi connectivity index (χ1) is 8.41. The minimum atomic E-state index is -0.565. The van der Waals surface area contributed by atoms with E-state index in [0.717, 1.165) is 0 Å². The van der Waals surface area contributed by atoms with E-state index in [2.05, 4.69) is 10.2 Å². The lowest BCUT2D eigenvalue weighted by Gasteiger charge is -2.13. The maximum atomic E-state index is 11.5. The first-order valence-corrected chi connectivity index (χ1v) is 6.99. The molecule has 18 heavy (non-hydrogen) atoms. The average Bonchev–Trinajstić information content (AvgIpc) is 2.65. The smallest absolute Gasteiger partial charge is 0.344 e. The molecule has 0 saturated carbocycles. The number of aliphatic hydroxyl groups is 1. The molecule has 0 aliphatic heterocycles. The molecule has 0 fully saturated rings. The second-order valence-electron chi connectivity index (χ2n) is 4.62. The third-order valence-electron chi connectivity index (χ3n) is 2.22. The van der Waals surface area contributed by atoms with Crippen molar-refractivity contribution in [3.05, 3.63) is 10.5 Å². The number of rotatable bonds is 7. The largest absolute Gasteiger partial charge is 0.390 e. The van der Waals surface area contributed by atoms with Crippen LogP contribution in [0.1, 0.15) is 33.7 Å². The Morgan fingerprint density at radius 1 is 1.44 bits per heavy atom. The number of H-pyrrole nitrogens is 1. The molecule has 0 aliphatic carbocycles. The quantitative estimate of drug-likeness (QED) is 0.727. The summed E-state index contributed by atoms with van der Waals surface area (Å²) in [6.07, 6.45) is -0.464. The maximum Gasteiger partial charge on any atom is 0.344 e. The number of hydrogen-bond acceptors (Lipinski definition) is 5. The van der Waals surface area contributed by atoms with Crippen LogP contribution in [0.3, 0.4) is 0 Å². The molecule has 0 bridgehead atoms. The summed E-state index contributed by atoms with van der Waals surface area (Å²) in [5, 5.41) is 16.7. The van der Waals surface area contributed by atoms with Crippen molar-refractivity contribution in [2.75, 3.05) is 12.4 Å². The lowest BCUT2D eigenvalue weighted by molar-refractivity contribution is 0.0152. The van der Waals surface area contributed by atoms with Crippen LogP contribution in [0.25, 0.3) is 0 Å². The zero-order valence-corrected chi connectivity index (χ0v) is 12.0. The van der Waals surface area contributed by atoms with Gasteiger partial charge in [0.25, 0.3) is 0 Å². The molecule has 0 radical (unpaired) electrons. The molecule has 1 heterocycles. The van der Waals surface area contributed by atoms with Crippen LogP contribution in [0, 0.1) is 0 Å². The minimum Gasteiger partial charge on any atom is -0.390 e. The van der Waals surface area contributed by atoms with E-state index in [9.17, 15) is 9.90 Å². The summed E-state index contributed by atoms with van der Waals surface area (Å²) >= 11 is 1.35. The Kier molecular flexibility index (Phi) is 5.90. The van der Waals surface area contributed by atoms with Crippen molar-refractivity contribution in [1.29, 1.82) is 0 Å². The van der Waals surface area contributed by atoms with Gasteiger partial charge in [0.15, 0.2) is 5.16 Å². The summed E-state index contributed by atoms with van der Waals surface area (Å²) in [7, 11) is 0. The Labute approximate surface area is 111 Å². The lowest BCUT2D eigenvalue weighted by atomic mass is 10.4. The summed E-state index contributed by atoms with van der Waals surface area (Å²) in [6, 6.07) is 0.0443. The Morgan fingerprint density at radius 3 is 2.67 bits per heavy atom. The number of aromatic nitrogens is 3. The van der Waals surface area contributed by atoms with Crippen LogP contribution in [0.5, 0.6) is 0 Å². The highest BCUT2D eigenvalue weighted by atomic mass is 32.2. The van der Waals surface area contributed by atoms with E-state index in [0.29, 0.717) is 17.5 Å². The van der Waals surface area contributed by atoms with Gasteiger partial charge in [0.1, 0.15) is 0 Å². The number of nitrogens with zero attached hydrogens (tertiary/aromatic N) is 2. The molecular formula is C11H21N3O3S. The Morgan fingerprint density at radius 2 is 2.11 bits per heavy atom. The van der Waals surface area contributed by atoms with E-state index in [1.54, 1.807) is 4.57 Å². The van der Waals surface area contributed by atoms with Crippen molar-refractivity contribution < 1.29 is 9.84 Å². The van der Waals surface area contributed by atoms with Crippen LogP contribution in [-0.2, 0) is 4.74 Å². The van der Waals surface area contributed by atoms with Gasteiger partial charge in [0.05, 0.1) is 18.8 Å². The monoisotopic (exact) mass is 275 g/mol. The molecule has 2 N–H and O–H groups in total. The minimum absolute atomic E-state index is 0.0443. The highest BCUT2D eigenvalue weighted by Gasteiger charge is 2.14.